The van der Waals surface area contributed by atoms with Gasteiger partial charge in [0.15, 0.2) is 11.5 Å². The number of aryl methyl sites for hydroxylation is 1. The first-order valence-corrected chi connectivity index (χ1v) is 7.68. The summed E-state index contributed by atoms with van der Waals surface area (Å²) in [6.45, 7) is 3.57. The number of benzene rings is 1. The maximum absolute atomic E-state index is 11.8. The number of nitrogens with zero attached hydrogens (tertiary/aromatic N) is 4. The normalized spacial score (nSPS) is 10.8. The third-order valence-corrected chi connectivity index (χ3v) is 3.61. The summed E-state index contributed by atoms with van der Waals surface area (Å²) in [5.74, 6) is 0.310. The smallest absolute Gasteiger partial charge is 0.231 e. The molecular weight excluding hydrogens is 306 g/mol. The summed E-state index contributed by atoms with van der Waals surface area (Å²) in [4.78, 5) is 23.2. The van der Waals surface area contributed by atoms with E-state index in [1.54, 1.807) is 17.5 Å². The second kappa shape index (κ2) is 6.57. The van der Waals surface area contributed by atoms with Gasteiger partial charge in [0.25, 0.3) is 0 Å². The number of anilines is 1. The molecule has 0 saturated carbocycles. The number of Topliss-reactive ketones (excluding diaryl/α,β-unsaturated/α-hetero) is 1. The van der Waals surface area contributed by atoms with Crippen molar-refractivity contribution in [1.29, 1.82) is 0 Å². The van der Waals surface area contributed by atoms with Crippen LogP contribution in [0.25, 0.3) is 16.9 Å². The zero-order valence-electron chi connectivity index (χ0n) is 13.5. The van der Waals surface area contributed by atoms with E-state index in [4.69, 9.17) is 0 Å². The third-order valence-electron chi connectivity index (χ3n) is 3.61. The summed E-state index contributed by atoms with van der Waals surface area (Å²) in [6.07, 6.45) is 0.251. The van der Waals surface area contributed by atoms with Gasteiger partial charge in [0.2, 0.25) is 5.91 Å². The predicted molar refractivity (Wildman–Crippen MR) is 89.5 cm³/mol. The lowest BCUT2D eigenvalue weighted by Crippen LogP contribution is -2.15. The number of amides is 1. The van der Waals surface area contributed by atoms with Crippen LogP contribution in [0.4, 0.5) is 5.69 Å². The molecule has 0 radical (unpaired) electrons. The number of ketones is 1. The molecule has 2 heterocycles. The molecule has 1 amide bonds. The minimum Gasteiger partial charge on any atom is -0.326 e. The number of carbonyl (C=O) groups excluding carboxylic acids is 2. The highest BCUT2D eigenvalue weighted by Crippen LogP contribution is 2.21. The van der Waals surface area contributed by atoms with Gasteiger partial charge in [-0.05, 0) is 31.2 Å². The molecule has 24 heavy (non-hydrogen) atoms. The number of carbonyl (C=O) groups is 2. The molecule has 7 heteroatoms. The molecule has 0 fully saturated rings. The van der Waals surface area contributed by atoms with E-state index in [0.717, 1.165) is 11.3 Å². The monoisotopic (exact) mass is 323 g/mol. The molecule has 3 aromatic rings. The average molecular weight is 323 g/mol. The lowest BCUT2D eigenvalue weighted by molar-refractivity contribution is -0.125. The molecule has 0 saturated heterocycles. The second-order valence-corrected chi connectivity index (χ2v) is 5.43. The maximum atomic E-state index is 11.8. The third kappa shape index (κ3) is 3.29. The Hall–Kier alpha value is -3.09. The van der Waals surface area contributed by atoms with Crippen LogP contribution in [-0.4, -0.2) is 31.5 Å². The van der Waals surface area contributed by atoms with Crippen molar-refractivity contribution >= 4 is 23.0 Å². The van der Waals surface area contributed by atoms with E-state index in [0.29, 0.717) is 23.6 Å². The Labute approximate surface area is 138 Å². The lowest BCUT2D eigenvalue weighted by atomic mass is 10.1. The Kier molecular flexibility index (Phi) is 4.33. The van der Waals surface area contributed by atoms with E-state index in [2.05, 4.69) is 20.6 Å². The van der Waals surface area contributed by atoms with Crippen molar-refractivity contribution < 1.29 is 9.59 Å². The highest BCUT2D eigenvalue weighted by atomic mass is 16.2. The molecule has 1 aromatic carbocycles. The number of fused-ring (bicyclic) bond motifs is 1. The molecular formula is C17H17N5O2. The van der Waals surface area contributed by atoms with Crippen LogP contribution in [0.3, 0.4) is 0 Å². The van der Waals surface area contributed by atoms with Crippen LogP contribution < -0.4 is 5.32 Å². The van der Waals surface area contributed by atoms with Crippen LogP contribution in [0.15, 0.2) is 36.4 Å². The summed E-state index contributed by atoms with van der Waals surface area (Å²) in [5.41, 5.74) is 2.90. The topological polar surface area (TPSA) is 89.2 Å². The van der Waals surface area contributed by atoms with Crippen molar-refractivity contribution in [2.45, 2.75) is 26.7 Å². The fourth-order valence-electron chi connectivity index (χ4n) is 2.32. The van der Waals surface area contributed by atoms with Crippen molar-refractivity contribution in [3.63, 3.8) is 0 Å². The molecule has 0 bridgehead atoms. The van der Waals surface area contributed by atoms with Crippen LogP contribution >= 0.6 is 0 Å². The molecule has 0 spiro atoms. The Bertz CT molecular complexity index is 916. The standard InChI is InChI=1S/C17H17N5O2/c1-3-14(23)10-17(24)18-13-6-4-5-12(9-13)15-7-8-16-20-19-11(2)22(16)21-15/h4-9H,3,10H2,1-2H3,(H,18,24). The van der Waals surface area contributed by atoms with Crippen LogP contribution in [-0.2, 0) is 9.59 Å². The quantitative estimate of drug-likeness (QED) is 0.728. The first-order valence-electron chi connectivity index (χ1n) is 7.68. The van der Waals surface area contributed by atoms with Gasteiger partial charge in [-0.25, -0.2) is 0 Å². The van der Waals surface area contributed by atoms with Gasteiger partial charge < -0.3 is 5.32 Å². The van der Waals surface area contributed by atoms with Gasteiger partial charge in [-0.15, -0.1) is 10.2 Å². The number of nitrogens with one attached hydrogen (secondary N) is 1. The SMILES string of the molecule is CCC(=O)CC(=O)Nc1cccc(-c2ccc3nnc(C)n3n2)c1. The molecule has 1 N–H and O–H groups in total. The minimum absolute atomic E-state index is 0.0844. The lowest BCUT2D eigenvalue weighted by Gasteiger charge is -2.07. The van der Waals surface area contributed by atoms with Gasteiger partial charge in [-0.3, -0.25) is 9.59 Å². The van der Waals surface area contributed by atoms with E-state index < -0.39 is 0 Å². The molecule has 2 aromatic heterocycles. The summed E-state index contributed by atoms with van der Waals surface area (Å²) < 4.78 is 1.67. The van der Waals surface area contributed by atoms with Gasteiger partial charge in [0, 0.05) is 17.7 Å². The maximum Gasteiger partial charge on any atom is 0.231 e. The summed E-state index contributed by atoms with van der Waals surface area (Å²) in [7, 11) is 0. The molecule has 0 aliphatic heterocycles. The number of hydrogen-bond acceptors (Lipinski definition) is 5. The molecule has 0 unspecified atom stereocenters. The zero-order chi connectivity index (χ0) is 17.1. The van der Waals surface area contributed by atoms with Crippen molar-refractivity contribution in [2.75, 3.05) is 5.32 Å². The van der Waals surface area contributed by atoms with Crippen molar-refractivity contribution in [3.05, 3.63) is 42.2 Å². The number of rotatable bonds is 5. The van der Waals surface area contributed by atoms with Crippen LogP contribution in [0.5, 0.6) is 0 Å². The molecule has 122 valence electrons. The Morgan fingerprint density at radius 3 is 2.79 bits per heavy atom. The van der Waals surface area contributed by atoms with E-state index >= 15 is 0 Å². The van der Waals surface area contributed by atoms with E-state index in [1.165, 1.54) is 0 Å². The Morgan fingerprint density at radius 2 is 2.00 bits per heavy atom. The molecule has 0 atom stereocenters. The molecule has 7 nitrogen and oxygen atoms in total. The number of aromatic nitrogens is 4. The molecule has 0 aliphatic rings. The average Bonchev–Trinajstić information content (AvgIpc) is 2.95. The first-order chi connectivity index (χ1) is 11.6. The van der Waals surface area contributed by atoms with Gasteiger partial charge in [0.1, 0.15) is 5.78 Å². The van der Waals surface area contributed by atoms with Crippen LogP contribution in [0, 0.1) is 6.92 Å². The van der Waals surface area contributed by atoms with Gasteiger partial charge in [-0.2, -0.15) is 9.61 Å². The second-order valence-electron chi connectivity index (χ2n) is 5.43. The van der Waals surface area contributed by atoms with Gasteiger partial charge in [0.05, 0.1) is 12.1 Å². The molecule has 3 rings (SSSR count). The summed E-state index contributed by atoms with van der Waals surface area (Å²) in [5, 5.41) is 15.2. The summed E-state index contributed by atoms with van der Waals surface area (Å²) in [6, 6.07) is 11.0. The highest BCUT2D eigenvalue weighted by molar-refractivity contribution is 6.04. The van der Waals surface area contributed by atoms with Crippen LogP contribution in [0.2, 0.25) is 0 Å². The Morgan fingerprint density at radius 1 is 1.17 bits per heavy atom. The number of hydrogen-bond donors (Lipinski definition) is 1. The van der Waals surface area contributed by atoms with Gasteiger partial charge in [-0.1, -0.05) is 19.1 Å². The van der Waals surface area contributed by atoms with Crippen molar-refractivity contribution in [1.82, 2.24) is 19.8 Å². The Balaban J connectivity index is 1.85. The van der Waals surface area contributed by atoms with E-state index in [-0.39, 0.29) is 18.1 Å². The minimum atomic E-state index is -0.308. The van der Waals surface area contributed by atoms with E-state index in [1.807, 2.05) is 37.3 Å². The largest absolute Gasteiger partial charge is 0.326 e. The summed E-state index contributed by atoms with van der Waals surface area (Å²) >= 11 is 0. The van der Waals surface area contributed by atoms with Crippen LogP contribution in [0.1, 0.15) is 25.6 Å². The highest BCUT2D eigenvalue weighted by Gasteiger charge is 2.09. The van der Waals surface area contributed by atoms with Crippen molar-refractivity contribution in [2.24, 2.45) is 0 Å². The zero-order valence-corrected chi connectivity index (χ0v) is 13.5. The van der Waals surface area contributed by atoms with Gasteiger partial charge >= 0.3 is 0 Å². The first kappa shape index (κ1) is 15.8. The fourth-order valence-corrected chi connectivity index (χ4v) is 2.32. The predicted octanol–water partition coefficient (Wildman–Crippen LogP) is 2.41. The van der Waals surface area contributed by atoms with E-state index in [9.17, 15) is 9.59 Å². The van der Waals surface area contributed by atoms with Crippen molar-refractivity contribution in [3.8, 4) is 11.3 Å². The fraction of sp³-hybridized carbons (Fsp3) is 0.235. The molecule has 0 aliphatic carbocycles.